The molecule has 0 unspecified atom stereocenters. The highest BCUT2D eigenvalue weighted by Crippen LogP contribution is 2.26. The van der Waals surface area contributed by atoms with Crippen LogP contribution in [0, 0.1) is 0 Å². The predicted octanol–water partition coefficient (Wildman–Crippen LogP) is 2.57. The van der Waals surface area contributed by atoms with E-state index in [9.17, 15) is 9.59 Å². The van der Waals surface area contributed by atoms with Gasteiger partial charge in [0.25, 0.3) is 5.91 Å². The number of hydrogen-bond donors (Lipinski definition) is 0. The second-order valence-electron chi connectivity index (χ2n) is 5.87. The van der Waals surface area contributed by atoms with Crippen molar-refractivity contribution in [1.29, 1.82) is 0 Å². The molecule has 0 spiro atoms. The average molecular weight is 324 g/mol. The zero-order valence-electron chi connectivity index (χ0n) is 13.8. The van der Waals surface area contributed by atoms with E-state index in [0.29, 0.717) is 17.9 Å². The fourth-order valence-electron chi connectivity index (χ4n) is 3.03. The molecule has 2 aromatic rings. The van der Waals surface area contributed by atoms with Gasteiger partial charge in [-0.15, -0.1) is 0 Å². The van der Waals surface area contributed by atoms with Gasteiger partial charge in [0.05, 0.1) is 13.2 Å². The molecule has 0 bridgehead atoms. The molecule has 1 fully saturated rings. The van der Waals surface area contributed by atoms with Crippen LogP contribution in [0.2, 0.25) is 0 Å². The number of carbonyl (C=O) groups is 2. The van der Waals surface area contributed by atoms with Crippen molar-refractivity contribution in [3.8, 4) is 5.75 Å². The molecule has 2 amide bonds. The SMILES string of the molecule is COc1cccc(N2C(=O)CN(C(=O)c3ccccc3)C[C@H]2C)c1. The van der Waals surface area contributed by atoms with Gasteiger partial charge in [-0.25, -0.2) is 0 Å². The number of amides is 2. The van der Waals surface area contributed by atoms with Crippen molar-refractivity contribution < 1.29 is 14.3 Å². The molecular formula is C19H20N2O3. The van der Waals surface area contributed by atoms with Gasteiger partial charge in [0.2, 0.25) is 5.91 Å². The normalized spacial score (nSPS) is 17.8. The zero-order valence-corrected chi connectivity index (χ0v) is 13.8. The van der Waals surface area contributed by atoms with E-state index in [2.05, 4.69) is 0 Å². The average Bonchev–Trinajstić information content (AvgIpc) is 2.61. The van der Waals surface area contributed by atoms with E-state index in [0.717, 1.165) is 5.69 Å². The molecule has 0 N–H and O–H groups in total. The van der Waals surface area contributed by atoms with Gasteiger partial charge in [0.15, 0.2) is 0 Å². The summed E-state index contributed by atoms with van der Waals surface area (Å²) in [5.74, 6) is 0.502. The highest BCUT2D eigenvalue weighted by molar-refractivity contribution is 6.02. The van der Waals surface area contributed by atoms with Gasteiger partial charge in [-0.3, -0.25) is 9.59 Å². The Labute approximate surface area is 141 Å². The summed E-state index contributed by atoms with van der Waals surface area (Å²) in [4.78, 5) is 28.6. The van der Waals surface area contributed by atoms with Crippen molar-refractivity contribution in [2.24, 2.45) is 0 Å². The standard InChI is InChI=1S/C19H20N2O3/c1-14-12-20(19(23)15-7-4-3-5-8-15)13-18(22)21(14)16-9-6-10-17(11-16)24-2/h3-11,14H,12-13H2,1-2H3/t14-/m1/s1. The molecule has 0 saturated carbocycles. The molecule has 5 heteroatoms. The summed E-state index contributed by atoms with van der Waals surface area (Å²) in [5.41, 5.74) is 1.39. The van der Waals surface area contributed by atoms with Crippen molar-refractivity contribution in [2.45, 2.75) is 13.0 Å². The molecule has 1 aliphatic rings. The summed E-state index contributed by atoms with van der Waals surface area (Å²) >= 11 is 0. The Hall–Kier alpha value is -2.82. The maximum atomic E-state index is 12.6. The smallest absolute Gasteiger partial charge is 0.254 e. The molecule has 1 heterocycles. The first kappa shape index (κ1) is 16.1. The second-order valence-corrected chi connectivity index (χ2v) is 5.87. The summed E-state index contributed by atoms with van der Waals surface area (Å²) in [7, 11) is 1.60. The molecular weight excluding hydrogens is 304 g/mol. The van der Waals surface area contributed by atoms with Gasteiger partial charge in [0, 0.05) is 23.9 Å². The van der Waals surface area contributed by atoms with E-state index in [1.807, 2.05) is 49.4 Å². The lowest BCUT2D eigenvalue weighted by molar-refractivity contribution is -0.121. The van der Waals surface area contributed by atoms with Gasteiger partial charge in [0.1, 0.15) is 12.3 Å². The van der Waals surface area contributed by atoms with Crippen molar-refractivity contribution in [3.05, 3.63) is 60.2 Å². The summed E-state index contributed by atoms with van der Waals surface area (Å²) in [5, 5.41) is 0. The molecule has 5 nitrogen and oxygen atoms in total. The lowest BCUT2D eigenvalue weighted by Crippen LogP contribution is -2.57. The van der Waals surface area contributed by atoms with Gasteiger partial charge < -0.3 is 14.5 Å². The van der Waals surface area contributed by atoms with E-state index >= 15 is 0 Å². The molecule has 1 aliphatic heterocycles. The van der Waals surface area contributed by atoms with Crippen molar-refractivity contribution in [1.82, 2.24) is 4.90 Å². The molecule has 24 heavy (non-hydrogen) atoms. The van der Waals surface area contributed by atoms with E-state index in [-0.39, 0.29) is 24.4 Å². The fraction of sp³-hybridized carbons (Fsp3) is 0.263. The van der Waals surface area contributed by atoms with E-state index in [4.69, 9.17) is 4.74 Å². The second kappa shape index (κ2) is 6.74. The van der Waals surface area contributed by atoms with E-state index < -0.39 is 0 Å². The van der Waals surface area contributed by atoms with Crippen molar-refractivity contribution >= 4 is 17.5 Å². The predicted molar refractivity (Wildman–Crippen MR) is 92.3 cm³/mol. The number of anilines is 1. The highest BCUT2D eigenvalue weighted by Gasteiger charge is 2.33. The first-order chi connectivity index (χ1) is 11.6. The molecule has 124 valence electrons. The number of piperazine rings is 1. The molecule has 2 aromatic carbocycles. The minimum absolute atomic E-state index is 0.0786. The van der Waals surface area contributed by atoms with Gasteiger partial charge >= 0.3 is 0 Å². The number of methoxy groups -OCH3 is 1. The van der Waals surface area contributed by atoms with Crippen LogP contribution in [0.4, 0.5) is 5.69 Å². The maximum absolute atomic E-state index is 12.6. The third-order valence-corrected chi connectivity index (χ3v) is 4.16. The van der Waals surface area contributed by atoms with Crippen LogP contribution >= 0.6 is 0 Å². The highest BCUT2D eigenvalue weighted by atomic mass is 16.5. The zero-order chi connectivity index (χ0) is 17.1. The number of carbonyl (C=O) groups excluding carboxylic acids is 2. The number of hydrogen-bond acceptors (Lipinski definition) is 3. The maximum Gasteiger partial charge on any atom is 0.254 e. The molecule has 0 radical (unpaired) electrons. The lowest BCUT2D eigenvalue weighted by Gasteiger charge is -2.39. The van der Waals surface area contributed by atoms with E-state index in [1.54, 1.807) is 29.0 Å². The Morgan fingerprint density at radius 1 is 1.12 bits per heavy atom. The van der Waals surface area contributed by atoms with Crippen LogP contribution in [0.5, 0.6) is 5.75 Å². The Balaban J connectivity index is 1.79. The van der Waals surface area contributed by atoms with Crippen LogP contribution in [0.15, 0.2) is 54.6 Å². The molecule has 1 saturated heterocycles. The minimum Gasteiger partial charge on any atom is -0.497 e. The third-order valence-electron chi connectivity index (χ3n) is 4.16. The monoisotopic (exact) mass is 324 g/mol. The van der Waals surface area contributed by atoms with Gasteiger partial charge in [-0.05, 0) is 31.2 Å². The van der Waals surface area contributed by atoms with Crippen LogP contribution in [0.3, 0.4) is 0 Å². The fourth-order valence-corrected chi connectivity index (χ4v) is 3.03. The quantitative estimate of drug-likeness (QED) is 0.872. The first-order valence-corrected chi connectivity index (χ1v) is 7.90. The Morgan fingerprint density at radius 2 is 1.88 bits per heavy atom. The molecule has 3 rings (SSSR count). The number of nitrogens with zero attached hydrogens (tertiary/aromatic N) is 2. The first-order valence-electron chi connectivity index (χ1n) is 7.90. The van der Waals surface area contributed by atoms with Crippen molar-refractivity contribution in [3.63, 3.8) is 0 Å². The summed E-state index contributed by atoms with van der Waals surface area (Å²) in [6.45, 7) is 2.52. The van der Waals surface area contributed by atoms with Crippen LogP contribution in [0.1, 0.15) is 17.3 Å². The number of rotatable bonds is 3. The molecule has 0 aromatic heterocycles. The third kappa shape index (κ3) is 3.11. The van der Waals surface area contributed by atoms with Crippen LogP contribution in [-0.2, 0) is 4.79 Å². The van der Waals surface area contributed by atoms with Gasteiger partial charge in [-0.2, -0.15) is 0 Å². The summed E-state index contributed by atoms with van der Waals surface area (Å²) in [6, 6.07) is 16.4. The Bertz CT molecular complexity index is 745. The van der Waals surface area contributed by atoms with Crippen LogP contribution in [-0.4, -0.2) is 43.0 Å². The molecule has 1 atom stereocenters. The Morgan fingerprint density at radius 3 is 2.54 bits per heavy atom. The summed E-state index contributed by atoms with van der Waals surface area (Å²) < 4.78 is 5.23. The minimum atomic E-state index is -0.110. The molecule has 0 aliphatic carbocycles. The largest absolute Gasteiger partial charge is 0.497 e. The van der Waals surface area contributed by atoms with E-state index in [1.165, 1.54) is 0 Å². The lowest BCUT2D eigenvalue weighted by atomic mass is 10.1. The number of ether oxygens (including phenoxy) is 1. The van der Waals surface area contributed by atoms with Crippen LogP contribution < -0.4 is 9.64 Å². The van der Waals surface area contributed by atoms with Gasteiger partial charge in [-0.1, -0.05) is 24.3 Å². The van der Waals surface area contributed by atoms with Crippen LogP contribution in [0.25, 0.3) is 0 Å². The number of benzene rings is 2. The summed E-state index contributed by atoms with van der Waals surface area (Å²) in [6.07, 6.45) is 0. The van der Waals surface area contributed by atoms with Crippen molar-refractivity contribution in [2.75, 3.05) is 25.1 Å². The Kier molecular flexibility index (Phi) is 4.51. The topological polar surface area (TPSA) is 49.9 Å².